The number of imidazole rings is 1. The molecular weight excluding hydrogens is 360 g/mol. The van der Waals surface area contributed by atoms with E-state index in [4.69, 9.17) is 5.73 Å². The lowest BCUT2D eigenvalue weighted by Gasteiger charge is -2.29. The Kier molecular flexibility index (Phi) is 4.50. The van der Waals surface area contributed by atoms with E-state index in [0.29, 0.717) is 23.7 Å². The van der Waals surface area contributed by atoms with Crippen LogP contribution in [0, 0.1) is 0 Å². The van der Waals surface area contributed by atoms with E-state index in [1.165, 1.54) is 10.1 Å². The molecule has 28 heavy (non-hydrogen) atoms. The Bertz CT molecular complexity index is 1160. The number of benzene rings is 1. The van der Waals surface area contributed by atoms with E-state index in [0.717, 1.165) is 30.5 Å². The number of amides is 1. The van der Waals surface area contributed by atoms with Gasteiger partial charge in [-0.2, -0.15) is 4.98 Å². The third-order valence-electron chi connectivity index (χ3n) is 5.13. The van der Waals surface area contributed by atoms with Crippen LogP contribution in [0.15, 0.2) is 39.9 Å². The van der Waals surface area contributed by atoms with Gasteiger partial charge >= 0.3 is 5.69 Å². The molecule has 0 aliphatic carbocycles. The number of hydrogen-bond donors (Lipinski definition) is 1. The van der Waals surface area contributed by atoms with Gasteiger partial charge in [-0.25, -0.2) is 9.36 Å². The fraction of sp³-hybridized carbons (Fsp3) is 0.368. The maximum absolute atomic E-state index is 12.9. The van der Waals surface area contributed by atoms with Gasteiger partial charge in [-0.3, -0.25) is 14.2 Å². The number of nitrogens with two attached hydrogens (primary N) is 1. The first-order valence-corrected chi connectivity index (χ1v) is 9.24. The zero-order chi connectivity index (χ0) is 19.8. The summed E-state index contributed by atoms with van der Waals surface area (Å²) in [4.78, 5) is 43.5. The summed E-state index contributed by atoms with van der Waals surface area (Å²) in [6.45, 7) is 1.79. The van der Waals surface area contributed by atoms with Crippen molar-refractivity contribution in [3.05, 3.63) is 56.7 Å². The maximum Gasteiger partial charge on any atom is 0.332 e. The minimum absolute atomic E-state index is 0.331. The van der Waals surface area contributed by atoms with Crippen molar-refractivity contribution in [2.24, 2.45) is 12.8 Å². The Balaban J connectivity index is 1.78. The fourth-order valence-electron chi connectivity index (χ4n) is 3.75. The summed E-state index contributed by atoms with van der Waals surface area (Å²) in [6, 6.07) is 10.2. The monoisotopic (exact) mass is 382 g/mol. The third-order valence-corrected chi connectivity index (χ3v) is 5.13. The third kappa shape index (κ3) is 2.98. The summed E-state index contributed by atoms with van der Waals surface area (Å²) in [7, 11) is 1.55. The number of aromatic nitrogens is 4. The zero-order valence-corrected chi connectivity index (χ0v) is 15.7. The molecule has 1 aromatic carbocycles. The second-order valence-electron chi connectivity index (χ2n) is 7.01. The highest BCUT2D eigenvalue weighted by atomic mass is 16.2. The predicted molar refractivity (Wildman–Crippen MR) is 105 cm³/mol. The van der Waals surface area contributed by atoms with E-state index < -0.39 is 23.7 Å². The molecule has 3 aromatic rings. The molecule has 1 aliphatic rings. The number of nitrogens with zero attached hydrogens (tertiary/aromatic N) is 5. The van der Waals surface area contributed by atoms with Crippen molar-refractivity contribution in [2.45, 2.75) is 25.9 Å². The molecule has 0 atom stereocenters. The minimum atomic E-state index is -0.735. The lowest BCUT2D eigenvalue weighted by molar-refractivity contribution is -0.118. The van der Waals surface area contributed by atoms with Crippen LogP contribution in [-0.4, -0.2) is 37.7 Å². The first-order chi connectivity index (χ1) is 13.5. The van der Waals surface area contributed by atoms with Gasteiger partial charge in [0.15, 0.2) is 11.2 Å². The maximum atomic E-state index is 12.9. The molecule has 0 spiro atoms. The number of carbonyl (C=O) groups is 1. The van der Waals surface area contributed by atoms with E-state index >= 15 is 0 Å². The van der Waals surface area contributed by atoms with Crippen molar-refractivity contribution in [1.29, 1.82) is 0 Å². The van der Waals surface area contributed by atoms with E-state index in [1.54, 1.807) is 7.05 Å². The van der Waals surface area contributed by atoms with Crippen molar-refractivity contribution in [3.63, 3.8) is 0 Å². The number of rotatable bonds is 5. The number of hydrogen-bond acceptors (Lipinski definition) is 5. The molecule has 9 heteroatoms. The quantitative estimate of drug-likeness (QED) is 0.659. The highest BCUT2D eigenvalue weighted by Crippen LogP contribution is 2.24. The number of fused-ring (bicyclic) bond motifs is 3. The molecule has 0 bridgehead atoms. The van der Waals surface area contributed by atoms with Gasteiger partial charge in [-0.05, 0) is 18.4 Å². The second-order valence-corrected chi connectivity index (χ2v) is 7.01. The summed E-state index contributed by atoms with van der Waals surface area (Å²) >= 11 is 0. The summed E-state index contributed by atoms with van der Waals surface area (Å²) in [6.07, 6.45) is 1.72. The van der Waals surface area contributed by atoms with Crippen LogP contribution < -0.4 is 21.9 Å². The van der Waals surface area contributed by atoms with Gasteiger partial charge in [-0.1, -0.05) is 30.3 Å². The Hall–Kier alpha value is -3.36. The Morgan fingerprint density at radius 3 is 2.64 bits per heavy atom. The van der Waals surface area contributed by atoms with Crippen LogP contribution >= 0.6 is 0 Å². The average molecular weight is 382 g/mol. The Morgan fingerprint density at radius 1 is 1.18 bits per heavy atom. The topological polar surface area (TPSA) is 108 Å². The smallest absolute Gasteiger partial charge is 0.332 e. The minimum Gasteiger partial charge on any atom is -0.368 e. The molecule has 9 nitrogen and oxygen atoms in total. The first-order valence-electron chi connectivity index (χ1n) is 9.24. The van der Waals surface area contributed by atoms with Crippen LogP contribution in [-0.2, 0) is 31.4 Å². The van der Waals surface area contributed by atoms with Gasteiger partial charge in [0.1, 0.15) is 6.54 Å². The SMILES string of the molecule is Cn1c(=O)n(CC(N)=O)c(=O)c2c1nc1n2CCCN1CCc1ccccc1. The van der Waals surface area contributed by atoms with Crippen LogP contribution in [0.25, 0.3) is 11.2 Å². The molecule has 2 aromatic heterocycles. The van der Waals surface area contributed by atoms with Gasteiger partial charge in [0.05, 0.1) is 0 Å². The van der Waals surface area contributed by atoms with E-state index in [9.17, 15) is 14.4 Å². The molecule has 0 saturated carbocycles. The first kappa shape index (κ1) is 18.0. The summed E-state index contributed by atoms with van der Waals surface area (Å²) in [5, 5.41) is 0. The molecule has 0 unspecified atom stereocenters. The average Bonchev–Trinajstić information content (AvgIpc) is 3.09. The second kappa shape index (κ2) is 6.99. The van der Waals surface area contributed by atoms with Gasteiger partial charge in [-0.15, -0.1) is 0 Å². The van der Waals surface area contributed by atoms with Crippen LogP contribution in [0.1, 0.15) is 12.0 Å². The van der Waals surface area contributed by atoms with Gasteiger partial charge in [0.2, 0.25) is 11.9 Å². The lowest BCUT2D eigenvalue weighted by Crippen LogP contribution is -2.42. The number of primary amides is 1. The van der Waals surface area contributed by atoms with E-state index in [2.05, 4.69) is 22.0 Å². The van der Waals surface area contributed by atoms with Gasteiger partial charge in [0.25, 0.3) is 5.56 Å². The summed E-state index contributed by atoms with van der Waals surface area (Å²) in [5.74, 6) is -0.0532. The van der Waals surface area contributed by atoms with Gasteiger partial charge in [0, 0.05) is 26.7 Å². The molecule has 3 heterocycles. The van der Waals surface area contributed by atoms with E-state index in [1.807, 2.05) is 22.8 Å². The van der Waals surface area contributed by atoms with Crippen molar-refractivity contribution in [1.82, 2.24) is 18.7 Å². The zero-order valence-electron chi connectivity index (χ0n) is 15.7. The highest BCUT2D eigenvalue weighted by Gasteiger charge is 2.26. The number of aryl methyl sites for hydroxylation is 2. The molecule has 0 fully saturated rings. The van der Waals surface area contributed by atoms with Crippen LogP contribution in [0.3, 0.4) is 0 Å². The normalized spacial score (nSPS) is 13.7. The Morgan fingerprint density at radius 2 is 1.93 bits per heavy atom. The predicted octanol–water partition coefficient (Wildman–Crippen LogP) is -0.165. The van der Waals surface area contributed by atoms with Crippen molar-refractivity contribution in [2.75, 3.05) is 18.0 Å². The van der Waals surface area contributed by atoms with Crippen molar-refractivity contribution >= 4 is 23.0 Å². The standard InChI is InChI=1S/C19H22N6O3/c1-22-16-15(17(27)25(19(22)28)12-14(20)26)24-10-5-9-23(18(24)21-16)11-8-13-6-3-2-4-7-13/h2-4,6-7H,5,8-12H2,1H3,(H2,20,26). The van der Waals surface area contributed by atoms with Crippen LogP contribution in [0.4, 0.5) is 5.95 Å². The largest absolute Gasteiger partial charge is 0.368 e. The summed E-state index contributed by atoms with van der Waals surface area (Å²) < 4.78 is 4.03. The van der Waals surface area contributed by atoms with Crippen molar-refractivity contribution in [3.8, 4) is 0 Å². The molecule has 0 radical (unpaired) electrons. The van der Waals surface area contributed by atoms with Crippen molar-refractivity contribution < 1.29 is 4.79 Å². The van der Waals surface area contributed by atoms with Crippen LogP contribution in [0.5, 0.6) is 0 Å². The Labute approximate surface area is 160 Å². The highest BCUT2D eigenvalue weighted by molar-refractivity contribution is 5.76. The lowest BCUT2D eigenvalue weighted by atomic mass is 10.1. The van der Waals surface area contributed by atoms with Crippen LogP contribution in [0.2, 0.25) is 0 Å². The molecule has 1 amide bonds. The molecular formula is C19H22N6O3. The molecule has 0 saturated heterocycles. The fourth-order valence-corrected chi connectivity index (χ4v) is 3.75. The number of carbonyl (C=O) groups excluding carboxylic acids is 1. The molecule has 4 rings (SSSR count). The molecule has 1 aliphatic heterocycles. The molecule has 146 valence electrons. The number of anilines is 1. The van der Waals surface area contributed by atoms with Gasteiger partial charge < -0.3 is 15.2 Å². The van der Waals surface area contributed by atoms with E-state index in [-0.39, 0.29) is 0 Å². The molecule has 2 N–H and O–H groups in total. The summed E-state index contributed by atoms with van der Waals surface area (Å²) in [5.41, 5.74) is 5.98.